The lowest BCUT2D eigenvalue weighted by molar-refractivity contribution is -0.130. The maximum absolute atomic E-state index is 12.7. The molecule has 0 N–H and O–H groups in total. The topological polar surface area (TPSA) is 63.2 Å². The normalized spacial score (nSPS) is 26.0. The smallest absolute Gasteiger partial charge is 0.203 e. The number of hydrogen-bond acceptors (Lipinski definition) is 6. The fourth-order valence-corrected chi connectivity index (χ4v) is 3.82. The van der Waals surface area contributed by atoms with Gasteiger partial charge in [-0.3, -0.25) is 4.79 Å². The zero-order valence-electron chi connectivity index (χ0n) is 16.9. The van der Waals surface area contributed by atoms with E-state index in [1.54, 1.807) is 27.4 Å². The van der Waals surface area contributed by atoms with Crippen molar-refractivity contribution in [3.63, 3.8) is 0 Å². The highest BCUT2D eigenvalue weighted by Crippen LogP contribution is 2.50. The highest BCUT2D eigenvalue weighted by Gasteiger charge is 2.45. The van der Waals surface area contributed by atoms with Gasteiger partial charge in [0.15, 0.2) is 22.9 Å². The third-order valence-electron chi connectivity index (χ3n) is 5.38. The van der Waals surface area contributed by atoms with Crippen LogP contribution in [0.15, 0.2) is 48.3 Å². The first kappa shape index (κ1) is 20.0. The van der Waals surface area contributed by atoms with E-state index in [1.807, 2.05) is 18.2 Å². The van der Waals surface area contributed by atoms with E-state index in [1.165, 1.54) is 13.2 Å². The largest absolute Gasteiger partial charge is 0.493 e. The predicted molar refractivity (Wildman–Crippen MR) is 105 cm³/mol. The van der Waals surface area contributed by atoms with Gasteiger partial charge in [-0.15, -0.1) is 6.58 Å². The fraction of sp³-hybridized carbons (Fsp3) is 0.409. The Kier molecular flexibility index (Phi) is 5.52. The molecule has 0 saturated carbocycles. The number of allylic oxidation sites excluding steroid dienone is 1. The average Bonchev–Trinajstić information content (AvgIpc) is 3.02. The first-order chi connectivity index (χ1) is 13.4. The van der Waals surface area contributed by atoms with Crippen LogP contribution in [0.5, 0.6) is 17.2 Å². The van der Waals surface area contributed by atoms with Gasteiger partial charge in [0, 0.05) is 36.7 Å². The molecule has 3 atom stereocenters. The predicted octanol–water partition coefficient (Wildman–Crippen LogP) is 3.77. The Morgan fingerprint density at radius 1 is 1.14 bits per heavy atom. The second-order valence-corrected chi connectivity index (χ2v) is 6.84. The molecule has 0 aromatic heterocycles. The van der Waals surface area contributed by atoms with Crippen LogP contribution in [-0.4, -0.2) is 39.8 Å². The summed E-state index contributed by atoms with van der Waals surface area (Å²) >= 11 is 0. The summed E-state index contributed by atoms with van der Waals surface area (Å²) in [6.45, 7) is 5.81. The minimum absolute atomic E-state index is 0.00139. The molecule has 1 heterocycles. The van der Waals surface area contributed by atoms with Crippen molar-refractivity contribution in [2.45, 2.75) is 25.0 Å². The lowest BCUT2D eigenvalue weighted by Crippen LogP contribution is -2.39. The molecule has 6 heteroatoms. The molecule has 2 aliphatic rings. The van der Waals surface area contributed by atoms with Gasteiger partial charge in [0.05, 0.1) is 21.3 Å². The van der Waals surface area contributed by atoms with Crippen LogP contribution in [0.1, 0.15) is 25.0 Å². The molecular weight excluding hydrogens is 360 g/mol. The molecule has 3 unspecified atom stereocenters. The van der Waals surface area contributed by atoms with Gasteiger partial charge in [0.1, 0.15) is 11.9 Å². The second kappa shape index (κ2) is 7.72. The van der Waals surface area contributed by atoms with Crippen LogP contribution in [0.3, 0.4) is 0 Å². The Bertz CT molecular complexity index is 828. The van der Waals surface area contributed by atoms with Crippen molar-refractivity contribution in [2.75, 3.05) is 28.4 Å². The number of benzene rings is 1. The number of rotatable bonds is 7. The van der Waals surface area contributed by atoms with Gasteiger partial charge in [0.25, 0.3) is 0 Å². The Morgan fingerprint density at radius 2 is 1.79 bits per heavy atom. The number of methoxy groups -OCH3 is 4. The summed E-state index contributed by atoms with van der Waals surface area (Å²) in [5.41, 5.74) is 0.794. The third kappa shape index (κ3) is 3.07. The summed E-state index contributed by atoms with van der Waals surface area (Å²) < 4.78 is 28.1. The number of carbonyl (C=O) groups excluding carboxylic acids is 1. The van der Waals surface area contributed by atoms with E-state index in [2.05, 4.69) is 13.5 Å². The number of carbonyl (C=O) groups is 1. The SMILES string of the molecule is C=CCC1(OC)C=C2C(=CC1=O)OC(c1cc(OC)c(OC)c(OC)c1)C2C. The summed E-state index contributed by atoms with van der Waals surface area (Å²) in [5, 5.41) is 0. The molecule has 6 nitrogen and oxygen atoms in total. The van der Waals surface area contributed by atoms with Crippen LogP contribution in [0.25, 0.3) is 0 Å². The first-order valence-electron chi connectivity index (χ1n) is 9.06. The molecule has 3 rings (SSSR count). The van der Waals surface area contributed by atoms with E-state index in [0.29, 0.717) is 29.4 Å². The molecule has 0 radical (unpaired) electrons. The molecule has 0 amide bonds. The van der Waals surface area contributed by atoms with Crippen LogP contribution in [0.4, 0.5) is 0 Å². The molecule has 1 aliphatic heterocycles. The molecule has 0 bridgehead atoms. The zero-order valence-corrected chi connectivity index (χ0v) is 16.9. The van der Waals surface area contributed by atoms with E-state index in [9.17, 15) is 4.79 Å². The van der Waals surface area contributed by atoms with Gasteiger partial charge in [-0.25, -0.2) is 0 Å². The Morgan fingerprint density at radius 3 is 2.29 bits per heavy atom. The first-order valence-corrected chi connectivity index (χ1v) is 9.06. The molecule has 150 valence electrons. The number of fused-ring (bicyclic) bond motifs is 1. The fourth-order valence-electron chi connectivity index (χ4n) is 3.82. The summed E-state index contributed by atoms with van der Waals surface area (Å²) in [4.78, 5) is 12.7. The van der Waals surface area contributed by atoms with Crippen molar-refractivity contribution in [2.24, 2.45) is 5.92 Å². The van der Waals surface area contributed by atoms with Crippen LogP contribution in [-0.2, 0) is 14.3 Å². The maximum atomic E-state index is 12.7. The molecule has 1 aromatic rings. The molecular formula is C22H26O6. The molecule has 0 spiro atoms. The minimum Gasteiger partial charge on any atom is -0.493 e. The third-order valence-corrected chi connectivity index (χ3v) is 5.38. The van der Waals surface area contributed by atoms with Gasteiger partial charge in [-0.2, -0.15) is 0 Å². The van der Waals surface area contributed by atoms with Crippen molar-refractivity contribution in [3.8, 4) is 17.2 Å². The maximum Gasteiger partial charge on any atom is 0.203 e. The van der Waals surface area contributed by atoms with E-state index < -0.39 is 5.60 Å². The minimum atomic E-state index is -1.03. The molecule has 1 fully saturated rings. The van der Waals surface area contributed by atoms with Gasteiger partial charge in [-0.1, -0.05) is 13.0 Å². The quantitative estimate of drug-likeness (QED) is 0.665. The van der Waals surface area contributed by atoms with E-state index in [0.717, 1.165) is 11.1 Å². The van der Waals surface area contributed by atoms with E-state index in [4.69, 9.17) is 23.7 Å². The van der Waals surface area contributed by atoms with Crippen molar-refractivity contribution in [1.82, 2.24) is 0 Å². The Hall–Kier alpha value is -2.73. The summed E-state index contributed by atoms with van der Waals surface area (Å²) in [5.74, 6) is 2.06. The highest BCUT2D eigenvalue weighted by atomic mass is 16.5. The molecule has 28 heavy (non-hydrogen) atoms. The average molecular weight is 386 g/mol. The van der Waals surface area contributed by atoms with Crippen LogP contribution < -0.4 is 14.2 Å². The van der Waals surface area contributed by atoms with Crippen molar-refractivity contribution < 1.29 is 28.5 Å². The van der Waals surface area contributed by atoms with Gasteiger partial charge < -0.3 is 23.7 Å². The lowest BCUT2D eigenvalue weighted by Gasteiger charge is -2.29. The number of hydrogen-bond donors (Lipinski definition) is 0. The van der Waals surface area contributed by atoms with E-state index in [-0.39, 0.29) is 17.8 Å². The second-order valence-electron chi connectivity index (χ2n) is 6.84. The molecule has 1 aliphatic carbocycles. The van der Waals surface area contributed by atoms with Gasteiger partial charge in [-0.05, 0) is 18.2 Å². The Balaban J connectivity index is 2.04. The summed E-state index contributed by atoms with van der Waals surface area (Å²) in [6.07, 6.45) is 5.19. The number of ether oxygens (including phenoxy) is 5. The standard InChI is InChI=1S/C22H26O6/c1-7-8-22(27-6)12-15-13(2)20(28-16(15)11-19(22)23)14-9-17(24-3)21(26-5)18(10-14)25-4/h7,9-13,20H,1,8H2,2-6H3. The monoisotopic (exact) mass is 386 g/mol. The molecule has 1 aromatic carbocycles. The van der Waals surface area contributed by atoms with Crippen molar-refractivity contribution >= 4 is 5.78 Å². The van der Waals surface area contributed by atoms with E-state index >= 15 is 0 Å². The van der Waals surface area contributed by atoms with Gasteiger partial charge in [0.2, 0.25) is 5.75 Å². The van der Waals surface area contributed by atoms with Crippen LogP contribution >= 0.6 is 0 Å². The van der Waals surface area contributed by atoms with Crippen LogP contribution in [0.2, 0.25) is 0 Å². The molecule has 1 saturated heterocycles. The van der Waals surface area contributed by atoms with Crippen molar-refractivity contribution in [3.05, 3.63) is 53.8 Å². The van der Waals surface area contributed by atoms with Crippen molar-refractivity contribution in [1.29, 1.82) is 0 Å². The van der Waals surface area contributed by atoms with Crippen LogP contribution in [0, 0.1) is 5.92 Å². The van der Waals surface area contributed by atoms with Gasteiger partial charge >= 0.3 is 0 Å². The highest BCUT2D eigenvalue weighted by molar-refractivity contribution is 6.01. The lowest BCUT2D eigenvalue weighted by atomic mass is 9.82. The zero-order chi connectivity index (χ0) is 20.5. The Labute approximate surface area is 165 Å². The summed E-state index contributed by atoms with van der Waals surface area (Å²) in [6, 6.07) is 3.74. The number of ketones is 1. The summed E-state index contributed by atoms with van der Waals surface area (Å²) in [7, 11) is 6.25.